The molecule has 7 heteroatoms. The molecule has 2 heterocycles. The number of esters is 1. The van der Waals surface area contributed by atoms with Crippen molar-refractivity contribution in [3.63, 3.8) is 0 Å². The normalized spacial score (nSPS) is 17.3. The number of aliphatic hydroxyl groups excluding tert-OH is 1. The molecule has 1 amide bonds. The van der Waals surface area contributed by atoms with Crippen molar-refractivity contribution >= 4 is 23.4 Å². The molecule has 0 radical (unpaired) electrons. The molecule has 7 nitrogen and oxygen atoms in total. The Hall–Kier alpha value is -4.26. The van der Waals surface area contributed by atoms with Gasteiger partial charge in [-0.25, -0.2) is 4.79 Å². The van der Waals surface area contributed by atoms with Crippen molar-refractivity contribution in [2.75, 3.05) is 7.11 Å². The predicted molar refractivity (Wildman–Crippen MR) is 121 cm³/mol. The lowest BCUT2D eigenvalue weighted by Gasteiger charge is -2.26. The van der Waals surface area contributed by atoms with Gasteiger partial charge in [0.05, 0.1) is 24.3 Å². The molecular weight excluding hydrogens is 420 g/mol. The number of amides is 1. The minimum Gasteiger partial charge on any atom is -0.507 e. The van der Waals surface area contributed by atoms with Crippen molar-refractivity contribution in [2.24, 2.45) is 0 Å². The first kappa shape index (κ1) is 22.0. The van der Waals surface area contributed by atoms with Crippen LogP contribution in [-0.4, -0.2) is 39.8 Å². The van der Waals surface area contributed by atoms with E-state index in [1.165, 1.54) is 24.4 Å². The number of nitrogens with zero attached hydrogens (tertiary/aromatic N) is 2. The molecule has 1 aliphatic heterocycles. The number of hydrogen-bond donors (Lipinski definition) is 1. The van der Waals surface area contributed by atoms with Crippen molar-refractivity contribution in [1.82, 2.24) is 9.88 Å². The first-order valence-electron chi connectivity index (χ1n) is 10.3. The van der Waals surface area contributed by atoms with E-state index in [1.54, 1.807) is 36.4 Å². The number of carbonyl (C=O) groups excluding carboxylic acids is 3. The number of pyridine rings is 1. The quantitative estimate of drug-likeness (QED) is 0.279. The molecule has 166 valence electrons. The van der Waals surface area contributed by atoms with Gasteiger partial charge in [0.25, 0.3) is 11.7 Å². The van der Waals surface area contributed by atoms with E-state index in [-0.39, 0.29) is 17.9 Å². The zero-order chi connectivity index (χ0) is 23.5. The Bertz CT molecular complexity index is 1250. The van der Waals surface area contributed by atoms with Crippen molar-refractivity contribution in [1.29, 1.82) is 0 Å². The van der Waals surface area contributed by atoms with Crippen LogP contribution in [0.4, 0.5) is 0 Å². The van der Waals surface area contributed by atoms with Crippen molar-refractivity contribution < 1.29 is 24.2 Å². The summed E-state index contributed by atoms with van der Waals surface area (Å²) in [6, 6.07) is 16.5. The molecule has 0 saturated carbocycles. The fraction of sp³-hybridized carbons (Fsp3) is 0.154. The molecule has 1 N–H and O–H groups in total. The van der Waals surface area contributed by atoms with Crippen LogP contribution in [0.2, 0.25) is 0 Å². The lowest BCUT2D eigenvalue weighted by atomic mass is 9.92. The molecule has 1 fully saturated rings. The van der Waals surface area contributed by atoms with Gasteiger partial charge >= 0.3 is 5.97 Å². The summed E-state index contributed by atoms with van der Waals surface area (Å²) in [6.07, 6.45) is 3.02. The van der Waals surface area contributed by atoms with Gasteiger partial charge in [0.2, 0.25) is 0 Å². The summed E-state index contributed by atoms with van der Waals surface area (Å²) in [4.78, 5) is 43.3. The average molecular weight is 442 g/mol. The number of aliphatic hydroxyl groups is 1. The van der Waals surface area contributed by atoms with Crippen LogP contribution in [0.1, 0.15) is 38.7 Å². The highest BCUT2D eigenvalue weighted by atomic mass is 16.5. The summed E-state index contributed by atoms with van der Waals surface area (Å²) in [7, 11) is 1.31. The predicted octanol–water partition coefficient (Wildman–Crippen LogP) is 3.80. The topological polar surface area (TPSA) is 96.8 Å². The number of ether oxygens (including phenoxy) is 1. The molecule has 33 heavy (non-hydrogen) atoms. The molecule has 1 unspecified atom stereocenters. The first-order valence-corrected chi connectivity index (χ1v) is 10.3. The highest BCUT2D eigenvalue weighted by Crippen LogP contribution is 2.41. The number of aryl methyl sites for hydroxylation is 1. The number of methoxy groups -OCH3 is 1. The van der Waals surface area contributed by atoms with Crippen LogP contribution in [0, 0.1) is 6.92 Å². The fourth-order valence-corrected chi connectivity index (χ4v) is 3.99. The second-order valence-electron chi connectivity index (χ2n) is 7.71. The SMILES string of the molecule is COC(=O)c1ccc(CN2C(=O)C(=O)/C(=C(/O)c3ccncc3)C2c2ccccc2C)cc1. The second kappa shape index (κ2) is 9.08. The maximum absolute atomic E-state index is 13.1. The van der Waals surface area contributed by atoms with Gasteiger partial charge in [0.1, 0.15) is 5.76 Å². The van der Waals surface area contributed by atoms with Gasteiger partial charge in [-0.2, -0.15) is 0 Å². The smallest absolute Gasteiger partial charge is 0.337 e. The molecule has 0 spiro atoms. The van der Waals surface area contributed by atoms with Gasteiger partial charge in [-0.05, 0) is 47.9 Å². The van der Waals surface area contributed by atoms with Gasteiger partial charge in [-0.1, -0.05) is 36.4 Å². The monoisotopic (exact) mass is 442 g/mol. The van der Waals surface area contributed by atoms with Gasteiger partial charge in [-0.3, -0.25) is 14.6 Å². The number of ketones is 1. The average Bonchev–Trinajstić information content (AvgIpc) is 3.09. The van der Waals surface area contributed by atoms with Crippen LogP contribution in [0.15, 0.2) is 78.6 Å². The molecule has 1 saturated heterocycles. The third-order valence-electron chi connectivity index (χ3n) is 5.70. The largest absolute Gasteiger partial charge is 0.507 e. The van der Waals surface area contributed by atoms with E-state index < -0.39 is 23.7 Å². The van der Waals surface area contributed by atoms with E-state index >= 15 is 0 Å². The van der Waals surface area contributed by atoms with E-state index in [1.807, 2.05) is 31.2 Å². The summed E-state index contributed by atoms with van der Waals surface area (Å²) in [6.45, 7) is 2.02. The van der Waals surface area contributed by atoms with Crippen molar-refractivity contribution in [3.8, 4) is 0 Å². The van der Waals surface area contributed by atoms with Crippen LogP contribution >= 0.6 is 0 Å². The van der Waals surface area contributed by atoms with E-state index in [9.17, 15) is 19.5 Å². The van der Waals surface area contributed by atoms with Crippen LogP contribution in [0.3, 0.4) is 0 Å². The van der Waals surface area contributed by atoms with Gasteiger partial charge < -0.3 is 14.7 Å². The first-order chi connectivity index (χ1) is 15.9. The number of benzene rings is 2. The molecule has 0 bridgehead atoms. The minimum absolute atomic E-state index is 0.0340. The highest BCUT2D eigenvalue weighted by molar-refractivity contribution is 6.46. The number of rotatable bonds is 5. The molecule has 1 atom stereocenters. The van der Waals surface area contributed by atoms with E-state index in [0.717, 1.165) is 16.7 Å². The zero-order valence-electron chi connectivity index (χ0n) is 18.2. The Morgan fingerprint density at radius 2 is 1.67 bits per heavy atom. The molecule has 2 aromatic carbocycles. The number of Topliss-reactive ketones (excluding diaryl/α,β-unsaturated/α-hetero) is 1. The summed E-state index contributed by atoms with van der Waals surface area (Å²) in [5.41, 5.74) is 3.19. The Labute approximate surface area is 191 Å². The van der Waals surface area contributed by atoms with E-state index in [4.69, 9.17) is 4.74 Å². The molecule has 1 aromatic heterocycles. The zero-order valence-corrected chi connectivity index (χ0v) is 18.2. The Balaban J connectivity index is 1.80. The summed E-state index contributed by atoms with van der Waals surface area (Å²) in [5, 5.41) is 11.0. The standard InChI is InChI=1S/C26H22N2O5/c1-16-5-3-4-6-20(16)22-21(23(29)18-11-13-27-14-12-18)24(30)25(31)28(22)15-17-7-9-19(10-8-17)26(32)33-2/h3-14,22,29H,15H2,1-2H3/b23-21+. The number of likely N-dealkylation sites (tertiary alicyclic amines) is 1. The maximum Gasteiger partial charge on any atom is 0.337 e. The van der Waals surface area contributed by atoms with Crippen LogP contribution < -0.4 is 0 Å². The van der Waals surface area contributed by atoms with Crippen molar-refractivity contribution in [2.45, 2.75) is 19.5 Å². The maximum atomic E-state index is 13.1. The Kier molecular flexibility index (Phi) is 6.04. The third kappa shape index (κ3) is 4.13. The molecular formula is C26H22N2O5. The van der Waals surface area contributed by atoms with E-state index in [2.05, 4.69) is 4.98 Å². The minimum atomic E-state index is -0.764. The van der Waals surface area contributed by atoms with Gasteiger partial charge in [0.15, 0.2) is 0 Å². The summed E-state index contributed by atoms with van der Waals surface area (Å²) < 4.78 is 4.72. The highest BCUT2D eigenvalue weighted by Gasteiger charge is 2.46. The number of carbonyl (C=O) groups is 3. The summed E-state index contributed by atoms with van der Waals surface area (Å²) >= 11 is 0. The lowest BCUT2D eigenvalue weighted by Crippen LogP contribution is -2.29. The number of hydrogen-bond acceptors (Lipinski definition) is 6. The molecule has 4 rings (SSSR count). The van der Waals surface area contributed by atoms with Crippen LogP contribution in [0.25, 0.3) is 5.76 Å². The fourth-order valence-electron chi connectivity index (χ4n) is 3.99. The number of aromatic nitrogens is 1. The van der Waals surface area contributed by atoms with Gasteiger partial charge in [-0.15, -0.1) is 0 Å². The van der Waals surface area contributed by atoms with Gasteiger partial charge in [0, 0.05) is 24.5 Å². The lowest BCUT2D eigenvalue weighted by molar-refractivity contribution is -0.140. The van der Waals surface area contributed by atoms with Crippen molar-refractivity contribution in [3.05, 3.63) is 106 Å². The molecule has 3 aromatic rings. The third-order valence-corrected chi connectivity index (χ3v) is 5.70. The second-order valence-corrected chi connectivity index (χ2v) is 7.71. The van der Waals surface area contributed by atoms with Crippen LogP contribution in [0.5, 0.6) is 0 Å². The Morgan fingerprint density at radius 3 is 2.30 bits per heavy atom. The molecule has 1 aliphatic rings. The van der Waals surface area contributed by atoms with Crippen LogP contribution in [-0.2, 0) is 20.9 Å². The Morgan fingerprint density at radius 1 is 1.00 bits per heavy atom. The molecule has 0 aliphatic carbocycles. The van der Waals surface area contributed by atoms with E-state index in [0.29, 0.717) is 11.1 Å². The summed E-state index contributed by atoms with van der Waals surface area (Å²) in [5.74, 6) is -2.15.